The molecule has 0 amide bonds. The van der Waals surface area contributed by atoms with Crippen LogP contribution >= 0.6 is 0 Å². The van der Waals surface area contributed by atoms with Crippen LogP contribution in [0.25, 0.3) is 0 Å². The molecule has 0 aliphatic carbocycles. The summed E-state index contributed by atoms with van der Waals surface area (Å²) in [6.07, 6.45) is 1.12. The summed E-state index contributed by atoms with van der Waals surface area (Å²) in [6.45, 7) is 3.77. The molecule has 0 spiro atoms. The number of anilines is 1. The molecule has 1 rings (SSSR count). The number of benzene rings is 1. The quantitative estimate of drug-likeness (QED) is 0.858. The first kappa shape index (κ1) is 11.8. The molecule has 4 nitrogen and oxygen atoms in total. The predicted molar refractivity (Wildman–Crippen MR) is 60.9 cm³/mol. The normalized spacial score (nSPS) is 11.2. The maximum atomic E-state index is 11.1. The van der Waals surface area contributed by atoms with E-state index in [1.165, 1.54) is 7.11 Å². The second-order valence-corrected chi connectivity index (χ2v) is 5.28. The molecule has 0 aliphatic heterocycles. The van der Waals surface area contributed by atoms with Crippen molar-refractivity contribution in [1.82, 2.24) is 0 Å². The molecule has 15 heavy (non-hydrogen) atoms. The number of methoxy groups -OCH3 is 1. The van der Waals surface area contributed by atoms with Gasteiger partial charge in [0.2, 0.25) is 10.0 Å². The van der Waals surface area contributed by atoms with E-state index in [4.69, 9.17) is 4.74 Å². The standard InChI is InChI=1S/C10H15NO3S/c1-7-5-8(2)10(9(6-7)14-3)11-15(4,12)13/h5-6,11H,1-4H3. The average molecular weight is 229 g/mol. The van der Waals surface area contributed by atoms with Gasteiger partial charge in [-0.2, -0.15) is 0 Å². The molecule has 0 unspecified atom stereocenters. The molecule has 1 aromatic rings. The van der Waals surface area contributed by atoms with E-state index in [9.17, 15) is 8.42 Å². The van der Waals surface area contributed by atoms with Crippen LogP contribution in [0.1, 0.15) is 11.1 Å². The Morgan fingerprint density at radius 3 is 2.33 bits per heavy atom. The minimum Gasteiger partial charge on any atom is -0.495 e. The second-order valence-electron chi connectivity index (χ2n) is 3.53. The zero-order valence-electron chi connectivity index (χ0n) is 9.29. The Morgan fingerprint density at radius 1 is 1.27 bits per heavy atom. The lowest BCUT2D eigenvalue weighted by molar-refractivity contribution is 0.416. The van der Waals surface area contributed by atoms with E-state index in [1.807, 2.05) is 19.9 Å². The van der Waals surface area contributed by atoms with Gasteiger partial charge in [-0.3, -0.25) is 4.72 Å². The van der Waals surface area contributed by atoms with E-state index in [0.717, 1.165) is 17.4 Å². The van der Waals surface area contributed by atoms with Gasteiger partial charge in [0.1, 0.15) is 5.75 Å². The van der Waals surface area contributed by atoms with Gasteiger partial charge in [0.05, 0.1) is 19.1 Å². The SMILES string of the molecule is COc1cc(C)cc(C)c1NS(C)(=O)=O. The number of aryl methyl sites for hydroxylation is 2. The van der Waals surface area contributed by atoms with Gasteiger partial charge in [0.25, 0.3) is 0 Å². The summed E-state index contributed by atoms with van der Waals surface area (Å²) in [5.41, 5.74) is 2.38. The first-order chi connectivity index (χ1) is 6.83. The van der Waals surface area contributed by atoms with Gasteiger partial charge in [0.15, 0.2) is 0 Å². The Kier molecular flexibility index (Phi) is 3.24. The van der Waals surface area contributed by atoms with Crippen LogP contribution < -0.4 is 9.46 Å². The molecular formula is C10H15NO3S. The van der Waals surface area contributed by atoms with Crippen LogP contribution in [0.3, 0.4) is 0 Å². The highest BCUT2D eigenvalue weighted by molar-refractivity contribution is 7.92. The number of hydrogen-bond donors (Lipinski definition) is 1. The summed E-state index contributed by atoms with van der Waals surface area (Å²) in [6, 6.07) is 3.69. The van der Waals surface area contributed by atoms with E-state index >= 15 is 0 Å². The third kappa shape index (κ3) is 3.13. The number of hydrogen-bond acceptors (Lipinski definition) is 3. The molecule has 1 aromatic carbocycles. The van der Waals surface area contributed by atoms with Gasteiger partial charge >= 0.3 is 0 Å². The fourth-order valence-electron chi connectivity index (χ4n) is 1.41. The van der Waals surface area contributed by atoms with Crippen molar-refractivity contribution in [2.24, 2.45) is 0 Å². The molecule has 5 heteroatoms. The highest BCUT2D eigenvalue weighted by Crippen LogP contribution is 2.30. The van der Waals surface area contributed by atoms with Crippen LogP contribution in [-0.2, 0) is 10.0 Å². The van der Waals surface area contributed by atoms with Crippen LogP contribution in [-0.4, -0.2) is 21.8 Å². The lowest BCUT2D eigenvalue weighted by Gasteiger charge is -2.13. The Hall–Kier alpha value is -1.23. The molecular weight excluding hydrogens is 214 g/mol. The number of ether oxygens (including phenoxy) is 1. The zero-order valence-corrected chi connectivity index (χ0v) is 10.1. The first-order valence-corrected chi connectivity index (χ1v) is 6.35. The second kappa shape index (κ2) is 4.10. The van der Waals surface area contributed by atoms with E-state index < -0.39 is 10.0 Å². The predicted octanol–water partition coefficient (Wildman–Crippen LogP) is 1.68. The minimum atomic E-state index is -3.28. The van der Waals surface area contributed by atoms with Crippen LogP contribution in [0, 0.1) is 13.8 Å². The van der Waals surface area contributed by atoms with Crippen LogP contribution in [0.4, 0.5) is 5.69 Å². The highest BCUT2D eigenvalue weighted by Gasteiger charge is 2.11. The summed E-state index contributed by atoms with van der Waals surface area (Å²) >= 11 is 0. The zero-order chi connectivity index (χ0) is 11.6. The molecule has 0 saturated heterocycles. The number of sulfonamides is 1. The van der Waals surface area contributed by atoms with Crippen molar-refractivity contribution in [3.8, 4) is 5.75 Å². The van der Waals surface area contributed by atoms with Crippen molar-refractivity contribution in [1.29, 1.82) is 0 Å². The van der Waals surface area contributed by atoms with E-state index in [0.29, 0.717) is 11.4 Å². The summed E-state index contributed by atoms with van der Waals surface area (Å²) < 4.78 is 29.8. The fraction of sp³-hybridized carbons (Fsp3) is 0.400. The van der Waals surface area contributed by atoms with Gasteiger partial charge in [0, 0.05) is 0 Å². The summed E-state index contributed by atoms with van der Waals surface area (Å²) in [5.74, 6) is 0.540. The Morgan fingerprint density at radius 2 is 1.87 bits per heavy atom. The maximum Gasteiger partial charge on any atom is 0.229 e. The third-order valence-corrected chi connectivity index (χ3v) is 2.53. The number of nitrogens with one attached hydrogen (secondary N) is 1. The van der Waals surface area contributed by atoms with Crippen molar-refractivity contribution in [3.05, 3.63) is 23.3 Å². The summed E-state index contributed by atoms with van der Waals surface area (Å²) in [5, 5.41) is 0. The molecule has 0 aromatic heterocycles. The van der Waals surface area contributed by atoms with Gasteiger partial charge < -0.3 is 4.74 Å². The monoisotopic (exact) mass is 229 g/mol. The summed E-state index contributed by atoms with van der Waals surface area (Å²) in [7, 11) is -1.76. The van der Waals surface area contributed by atoms with Crippen molar-refractivity contribution in [3.63, 3.8) is 0 Å². The van der Waals surface area contributed by atoms with E-state index in [-0.39, 0.29) is 0 Å². The molecule has 0 bridgehead atoms. The van der Waals surface area contributed by atoms with Gasteiger partial charge in [-0.25, -0.2) is 8.42 Å². The fourth-order valence-corrected chi connectivity index (χ4v) is 2.04. The summed E-state index contributed by atoms with van der Waals surface area (Å²) in [4.78, 5) is 0. The highest BCUT2D eigenvalue weighted by atomic mass is 32.2. The lowest BCUT2D eigenvalue weighted by atomic mass is 10.1. The minimum absolute atomic E-state index is 0.505. The van der Waals surface area contributed by atoms with Gasteiger partial charge in [-0.15, -0.1) is 0 Å². The van der Waals surface area contributed by atoms with Crippen molar-refractivity contribution < 1.29 is 13.2 Å². The van der Waals surface area contributed by atoms with Crippen molar-refractivity contribution >= 4 is 15.7 Å². The van der Waals surface area contributed by atoms with Crippen molar-refractivity contribution in [2.75, 3.05) is 18.1 Å². The molecule has 0 fully saturated rings. The van der Waals surface area contributed by atoms with E-state index in [2.05, 4.69) is 4.72 Å². The average Bonchev–Trinajstić information content (AvgIpc) is 2.07. The number of rotatable bonds is 3. The lowest BCUT2D eigenvalue weighted by Crippen LogP contribution is -2.11. The largest absolute Gasteiger partial charge is 0.495 e. The maximum absolute atomic E-state index is 11.1. The molecule has 1 N–H and O–H groups in total. The Bertz CT molecular complexity index is 466. The molecule has 0 saturated carbocycles. The van der Waals surface area contributed by atoms with E-state index in [1.54, 1.807) is 6.07 Å². The smallest absolute Gasteiger partial charge is 0.229 e. The van der Waals surface area contributed by atoms with Crippen LogP contribution in [0.2, 0.25) is 0 Å². The molecule has 0 atom stereocenters. The topological polar surface area (TPSA) is 55.4 Å². The first-order valence-electron chi connectivity index (χ1n) is 4.46. The van der Waals surface area contributed by atoms with Gasteiger partial charge in [-0.05, 0) is 31.0 Å². The van der Waals surface area contributed by atoms with Crippen LogP contribution in [0.15, 0.2) is 12.1 Å². The van der Waals surface area contributed by atoms with Crippen molar-refractivity contribution in [2.45, 2.75) is 13.8 Å². The third-order valence-electron chi connectivity index (χ3n) is 1.95. The molecule has 0 aliphatic rings. The Labute approximate surface area is 90.3 Å². The van der Waals surface area contributed by atoms with Crippen LogP contribution in [0.5, 0.6) is 5.75 Å². The molecule has 0 heterocycles. The Balaban J connectivity index is 3.27. The molecule has 0 radical (unpaired) electrons. The molecule has 84 valence electrons. The van der Waals surface area contributed by atoms with Gasteiger partial charge in [-0.1, -0.05) is 6.07 Å².